The van der Waals surface area contributed by atoms with Crippen molar-refractivity contribution in [1.29, 1.82) is 0 Å². The van der Waals surface area contributed by atoms with Gasteiger partial charge in [-0.2, -0.15) is 0 Å². The van der Waals surface area contributed by atoms with Gasteiger partial charge in [-0.1, -0.05) is 18.2 Å². The first kappa shape index (κ1) is 15.5. The number of phenols is 1. The summed E-state index contributed by atoms with van der Waals surface area (Å²) in [5.74, 6) is 0.476. The predicted molar refractivity (Wildman–Crippen MR) is 97.6 cm³/mol. The molecule has 0 unspecified atom stereocenters. The van der Waals surface area contributed by atoms with Crippen LogP contribution in [0.25, 0.3) is 5.57 Å². The number of nitrogens with zero attached hydrogens (tertiary/aromatic N) is 1. The fourth-order valence-corrected chi connectivity index (χ4v) is 4.75. The molecule has 1 N–H and O–H groups in total. The smallest absolute Gasteiger partial charge is 0.255 e. The summed E-state index contributed by atoms with van der Waals surface area (Å²) >= 11 is 1.76. The zero-order valence-electron chi connectivity index (χ0n) is 13.6. The zero-order chi connectivity index (χ0) is 16.5. The minimum Gasteiger partial charge on any atom is -0.508 e. The molecule has 4 heteroatoms. The lowest BCUT2D eigenvalue weighted by Gasteiger charge is -2.27. The zero-order valence-corrected chi connectivity index (χ0v) is 14.4. The SMILES string of the molecule is O=C(c1csc2c1CCCC2)N1CC=C(c2ccc(O)cc2)CC1. The van der Waals surface area contributed by atoms with Crippen LogP contribution in [0.2, 0.25) is 0 Å². The summed E-state index contributed by atoms with van der Waals surface area (Å²) < 4.78 is 0. The van der Waals surface area contributed by atoms with E-state index in [4.69, 9.17) is 0 Å². The Bertz CT molecular complexity index is 788. The van der Waals surface area contributed by atoms with Crippen molar-refractivity contribution in [3.8, 4) is 5.75 Å². The van der Waals surface area contributed by atoms with Crippen LogP contribution in [-0.2, 0) is 12.8 Å². The molecule has 0 saturated carbocycles. The molecule has 1 amide bonds. The van der Waals surface area contributed by atoms with Crippen LogP contribution in [0.15, 0.2) is 35.7 Å². The molecule has 1 aromatic carbocycles. The van der Waals surface area contributed by atoms with E-state index in [0.29, 0.717) is 6.54 Å². The fraction of sp³-hybridized carbons (Fsp3) is 0.350. The number of hydrogen-bond donors (Lipinski definition) is 1. The Morgan fingerprint density at radius 1 is 1.08 bits per heavy atom. The summed E-state index contributed by atoms with van der Waals surface area (Å²) in [6.07, 6.45) is 7.66. The summed E-state index contributed by atoms with van der Waals surface area (Å²) in [5, 5.41) is 11.5. The second kappa shape index (κ2) is 6.44. The van der Waals surface area contributed by atoms with E-state index in [1.54, 1.807) is 23.5 Å². The molecular weight excluding hydrogens is 318 g/mol. The van der Waals surface area contributed by atoms with Crippen molar-refractivity contribution in [2.24, 2.45) is 0 Å². The molecule has 2 heterocycles. The van der Waals surface area contributed by atoms with Crippen LogP contribution in [0.4, 0.5) is 0 Å². The van der Waals surface area contributed by atoms with Gasteiger partial charge < -0.3 is 10.0 Å². The number of carbonyl (C=O) groups is 1. The largest absolute Gasteiger partial charge is 0.508 e. The molecule has 0 bridgehead atoms. The maximum absolute atomic E-state index is 12.9. The first-order valence-electron chi connectivity index (χ1n) is 8.59. The van der Waals surface area contributed by atoms with Crippen LogP contribution in [0.1, 0.15) is 45.6 Å². The van der Waals surface area contributed by atoms with E-state index in [2.05, 4.69) is 11.5 Å². The molecule has 0 fully saturated rings. The Balaban J connectivity index is 1.50. The third-order valence-electron chi connectivity index (χ3n) is 5.03. The summed E-state index contributed by atoms with van der Waals surface area (Å²) in [7, 11) is 0. The van der Waals surface area contributed by atoms with Gasteiger partial charge in [-0.25, -0.2) is 0 Å². The summed E-state index contributed by atoms with van der Waals surface area (Å²) in [6.45, 7) is 1.43. The molecule has 0 spiro atoms. The van der Waals surface area contributed by atoms with Gasteiger partial charge in [0.05, 0.1) is 5.56 Å². The Hall–Kier alpha value is -2.07. The van der Waals surface area contributed by atoms with Gasteiger partial charge in [-0.3, -0.25) is 4.79 Å². The molecule has 0 atom stereocenters. The van der Waals surface area contributed by atoms with E-state index in [0.717, 1.165) is 36.9 Å². The third-order valence-corrected chi connectivity index (χ3v) is 6.11. The Morgan fingerprint density at radius 2 is 1.88 bits per heavy atom. The molecule has 2 aromatic rings. The number of rotatable bonds is 2. The van der Waals surface area contributed by atoms with E-state index in [-0.39, 0.29) is 11.7 Å². The highest BCUT2D eigenvalue weighted by Gasteiger charge is 2.25. The molecular formula is C20H21NO2S. The highest BCUT2D eigenvalue weighted by atomic mass is 32.1. The van der Waals surface area contributed by atoms with Gasteiger partial charge in [0.25, 0.3) is 5.91 Å². The molecule has 1 aliphatic carbocycles. The topological polar surface area (TPSA) is 40.5 Å². The van der Waals surface area contributed by atoms with Crippen molar-refractivity contribution >= 4 is 22.8 Å². The average molecular weight is 339 g/mol. The Labute approximate surface area is 146 Å². The minimum absolute atomic E-state index is 0.190. The van der Waals surface area contributed by atoms with E-state index in [1.807, 2.05) is 17.0 Å². The Kier molecular flexibility index (Phi) is 4.15. The molecule has 1 aromatic heterocycles. The molecule has 124 valence electrons. The lowest BCUT2D eigenvalue weighted by Crippen LogP contribution is -2.35. The third kappa shape index (κ3) is 2.86. The standard InChI is InChI=1S/C20H21NO2S/c22-16-7-5-14(6-8-16)15-9-11-21(12-10-15)20(23)18-13-24-19-4-2-1-3-17(18)19/h5-9,13,22H,1-4,10-12H2. The number of thiophene rings is 1. The van der Waals surface area contributed by atoms with Crippen molar-refractivity contribution < 1.29 is 9.90 Å². The van der Waals surface area contributed by atoms with Crippen LogP contribution in [0, 0.1) is 0 Å². The monoisotopic (exact) mass is 339 g/mol. The maximum atomic E-state index is 12.9. The van der Waals surface area contributed by atoms with E-state index < -0.39 is 0 Å². The fourth-order valence-electron chi connectivity index (χ4n) is 3.63. The van der Waals surface area contributed by atoms with Gasteiger partial charge in [-0.15, -0.1) is 11.3 Å². The van der Waals surface area contributed by atoms with Crippen molar-refractivity contribution in [1.82, 2.24) is 4.90 Å². The molecule has 24 heavy (non-hydrogen) atoms. The first-order chi connectivity index (χ1) is 11.7. The van der Waals surface area contributed by atoms with Gasteiger partial charge in [0.15, 0.2) is 0 Å². The number of phenolic OH excluding ortho intramolecular Hbond substituents is 1. The highest BCUT2D eigenvalue weighted by Crippen LogP contribution is 2.32. The molecule has 0 saturated heterocycles. The summed E-state index contributed by atoms with van der Waals surface area (Å²) in [5.41, 5.74) is 4.64. The normalized spacial score (nSPS) is 17.3. The summed E-state index contributed by atoms with van der Waals surface area (Å²) in [4.78, 5) is 16.3. The van der Waals surface area contributed by atoms with Crippen LogP contribution < -0.4 is 0 Å². The van der Waals surface area contributed by atoms with Crippen LogP contribution >= 0.6 is 11.3 Å². The van der Waals surface area contributed by atoms with E-state index in [1.165, 1.54) is 28.9 Å². The van der Waals surface area contributed by atoms with Crippen LogP contribution in [0.5, 0.6) is 5.75 Å². The lowest BCUT2D eigenvalue weighted by atomic mass is 9.94. The molecule has 3 nitrogen and oxygen atoms in total. The number of aromatic hydroxyl groups is 1. The van der Waals surface area contributed by atoms with E-state index >= 15 is 0 Å². The number of aryl methyl sites for hydroxylation is 1. The predicted octanol–water partition coefficient (Wildman–Crippen LogP) is 4.26. The van der Waals surface area contributed by atoms with Crippen molar-refractivity contribution in [3.63, 3.8) is 0 Å². The van der Waals surface area contributed by atoms with Crippen molar-refractivity contribution in [3.05, 3.63) is 57.3 Å². The van der Waals surface area contributed by atoms with Crippen molar-refractivity contribution in [2.45, 2.75) is 32.1 Å². The number of amides is 1. The van der Waals surface area contributed by atoms with Gasteiger partial charge >= 0.3 is 0 Å². The van der Waals surface area contributed by atoms with Crippen LogP contribution in [0.3, 0.4) is 0 Å². The quantitative estimate of drug-likeness (QED) is 0.888. The van der Waals surface area contributed by atoms with E-state index in [9.17, 15) is 9.90 Å². The van der Waals surface area contributed by atoms with Gasteiger partial charge in [0, 0.05) is 23.3 Å². The molecule has 4 rings (SSSR count). The number of hydrogen-bond acceptors (Lipinski definition) is 3. The van der Waals surface area contributed by atoms with Gasteiger partial charge in [-0.05, 0) is 60.9 Å². The second-order valence-corrected chi connectivity index (χ2v) is 7.50. The Morgan fingerprint density at radius 3 is 2.62 bits per heavy atom. The van der Waals surface area contributed by atoms with Gasteiger partial charge in [0.1, 0.15) is 5.75 Å². The molecule has 2 aliphatic rings. The number of carbonyl (C=O) groups excluding carboxylic acids is 1. The average Bonchev–Trinajstić information content (AvgIpc) is 3.06. The minimum atomic E-state index is 0.190. The van der Waals surface area contributed by atoms with Gasteiger partial charge in [0.2, 0.25) is 0 Å². The number of benzene rings is 1. The maximum Gasteiger partial charge on any atom is 0.255 e. The highest BCUT2D eigenvalue weighted by molar-refractivity contribution is 7.10. The molecule has 0 radical (unpaired) electrons. The van der Waals surface area contributed by atoms with Crippen LogP contribution in [-0.4, -0.2) is 29.0 Å². The number of fused-ring (bicyclic) bond motifs is 1. The second-order valence-electron chi connectivity index (χ2n) is 6.54. The summed E-state index contributed by atoms with van der Waals surface area (Å²) in [6, 6.07) is 7.30. The molecule has 1 aliphatic heterocycles. The van der Waals surface area contributed by atoms with Crippen molar-refractivity contribution in [2.75, 3.05) is 13.1 Å². The first-order valence-corrected chi connectivity index (χ1v) is 9.47. The lowest BCUT2D eigenvalue weighted by molar-refractivity contribution is 0.0772.